The fraction of sp³-hybridized carbons (Fsp3) is 0.278. The summed E-state index contributed by atoms with van der Waals surface area (Å²) in [6, 6.07) is 7.94. The number of nitrogens with zero attached hydrogens (tertiary/aromatic N) is 1. The van der Waals surface area contributed by atoms with Gasteiger partial charge in [-0.15, -0.1) is 11.3 Å². The molecular formula is C18H19N3O4S. The first kappa shape index (κ1) is 17.9. The number of amides is 2. The van der Waals surface area contributed by atoms with Crippen molar-refractivity contribution in [2.24, 2.45) is 5.73 Å². The van der Waals surface area contributed by atoms with Gasteiger partial charge in [-0.1, -0.05) is 18.2 Å². The Balaban J connectivity index is 1.80. The van der Waals surface area contributed by atoms with E-state index in [4.69, 9.17) is 10.5 Å². The number of carbonyl (C=O) groups is 3. The van der Waals surface area contributed by atoms with E-state index in [1.807, 2.05) is 29.2 Å². The van der Waals surface area contributed by atoms with Crippen LogP contribution in [-0.2, 0) is 16.0 Å². The zero-order valence-electron chi connectivity index (χ0n) is 14.5. The number of carbonyl (C=O) groups excluding carboxylic acids is 3. The monoisotopic (exact) mass is 373 g/mol. The third kappa shape index (κ3) is 3.28. The van der Waals surface area contributed by atoms with Gasteiger partial charge in [0.2, 0.25) is 5.91 Å². The summed E-state index contributed by atoms with van der Waals surface area (Å²) in [5.74, 6) is -1.54. The molecule has 26 heavy (non-hydrogen) atoms. The highest BCUT2D eigenvalue weighted by Gasteiger charge is 2.26. The first-order valence-corrected chi connectivity index (χ1v) is 8.88. The van der Waals surface area contributed by atoms with Crippen LogP contribution < -0.4 is 16.0 Å². The van der Waals surface area contributed by atoms with E-state index in [0.717, 1.165) is 30.0 Å². The Morgan fingerprint density at radius 1 is 1.31 bits per heavy atom. The van der Waals surface area contributed by atoms with Crippen LogP contribution in [0.15, 0.2) is 24.3 Å². The topological polar surface area (TPSA) is 102 Å². The molecule has 1 aliphatic heterocycles. The van der Waals surface area contributed by atoms with E-state index in [1.165, 1.54) is 12.7 Å². The van der Waals surface area contributed by atoms with Crippen molar-refractivity contribution in [3.05, 3.63) is 45.8 Å². The van der Waals surface area contributed by atoms with Gasteiger partial charge in [-0.3, -0.25) is 9.59 Å². The Labute approximate surface area is 154 Å². The molecule has 1 aliphatic rings. The molecule has 2 amide bonds. The number of hydrogen-bond acceptors (Lipinski definition) is 6. The number of esters is 1. The van der Waals surface area contributed by atoms with Crippen LogP contribution in [0.5, 0.6) is 0 Å². The number of nitrogens with two attached hydrogens (primary N) is 1. The van der Waals surface area contributed by atoms with Gasteiger partial charge in [0.15, 0.2) is 0 Å². The van der Waals surface area contributed by atoms with E-state index in [0.29, 0.717) is 5.56 Å². The van der Waals surface area contributed by atoms with E-state index >= 15 is 0 Å². The Morgan fingerprint density at radius 2 is 2.04 bits per heavy atom. The lowest BCUT2D eigenvalue weighted by atomic mass is 10.1. The quantitative estimate of drug-likeness (QED) is 0.780. The summed E-state index contributed by atoms with van der Waals surface area (Å²) in [6.45, 7) is 2.52. The van der Waals surface area contributed by atoms with Gasteiger partial charge >= 0.3 is 5.97 Å². The van der Waals surface area contributed by atoms with Crippen molar-refractivity contribution < 1.29 is 19.1 Å². The lowest BCUT2D eigenvalue weighted by molar-refractivity contribution is -0.114. The number of benzene rings is 1. The number of methoxy groups -OCH3 is 1. The molecule has 3 N–H and O–H groups in total. The van der Waals surface area contributed by atoms with Crippen LogP contribution in [0, 0.1) is 6.92 Å². The maximum Gasteiger partial charge on any atom is 0.341 e. The lowest BCUT2D eigenvalue weighted by Crippen LogP contribution is -2.32. The first-order chi connectivity index (χ1) is 12.4. The molecule has 0 saturated heterocycles. The van der Waals surface area contributed by atoms with Crippen molar-refractivity contribution in [2.45, 2.75) is 13.3 Å². The number of rotatable bonds is 5. The van der Waals surface area contributed by atoms with Crippen LogP contribution in [-0.4, -0.2) is 38.0 Å². The van der Waals surface area contributed by atoms with Crippen molar-refractivity contribution in [1.29, 1.82) is 0 Å². The molecule has 0 saturated carbocycles. The van der Waals surface area contributed by atoms with Crippen molar-refractivity contribution >= 4 is 39.8 Å². The molecule has 2 heterocycles. The molecule has 0 bridgehead atoms. The second-order valence-electron chi connectivity index (χ2n) is 5.96. The summed E-state index contributed by atoms with van der Waals surface area (Å²) in [7, 11) is 1.25. The van der Waals surface area contributed by atoms with Crippen LogP contribution in [0.2, 0.25) is 0 Å². The average Bonchev–Trinajstić information content (AvgIpc) is 3.16. The van der Waals surface area contributed by atoms with Crippen LogP contribution in [0.3, 0.4) is 0 Å². The van der Waals surface area contributed by atoms with Gasteiger partial charge in [-0.05, 0) is 30.5 Å². The summed E-state index contributed by atoms with van der Waals surface area (Å²) in [5, 5.41) is 3.01. The Morgan fingerprint density at radius 3 is 2.73 bits per heavy atom. The van der Waals surface area contributed by atoms with E-state index in [-0.39, 0.29) is 27.9 Å². The van der Waals surface area contributed by atoms with Gasteiger partial charge in [0, 0.05) is 12.2 Å². The zero-order valence-corrected chi connectivity index (χ0v) is 15.3. The second kappa shape index (κ2) is 7.17. The molecule has 0 atom stereocenters. The fourth-order valence-corrected chi connectivity index (χ4v) is 4.16. The summed E-state index contributed by atoms with van der Waals surface area (Å²) >= 11 is 0.984. The molecule has 0 radical (unpaired) electrons. The van der Waals surface area contributed by atoms with Crippen LogP contribution in [0.1, 0.15) is 31.2 Å². The van der Waals surface area contributed by atoms with E-state index in [2.05, 4.69) is 5.32 Å². The van der Waals surface area contributed by atoms with Crippen molar-refractivity contribution in [2.75, 3.05) is 30.4 Å². The number of anilines is 2. The highest BCUT2D eigenvalue weighted by atomic mass is 32.1. The van der Waals surface area contributed by atoms with Crippen LogP contribution in [0.25, 0.3) is 0 Å². The first-order valence-electron chi connectivity index (χ1n) is 8.06. The maximum absolute atomic E-state index is 12.5. The largest absolute Gasteiger partial charge is 0.465 e. The third-order valence-electron chi connectivity index (χ3n) is 4.33. The maximum atomic E-state index is 12.5. The predicted molar refractivity (Wildman–Crippen MR) is 99.9 cm³/mol. The van der Waals surface area contributed by atoms with Crippen molar-refractivity contribution in [1.82, 2.24) is 0 Å². The van der Waals surface area contributed by atoms with Gasteiger partial charge in [0.25, 0.3) is 5.91 Å². The molecule has 8 heteroatoms. The van der Waals surface area contributed by atoms with E-state index in [1.54, 1.807) is 6.92 Å². The number of primary amides is 1. The van der Waals surface area contributed by atoms with Gasteiger partial charge in [-0.2, -0.15) is 0 Å². The predicted octanol–water partition coefficient (Wildman–Crippen LogP) is 1.94. The molecule has 0 spiro atoms. The molecule has 0 unspecified atom stereocenters. The summed E-state index contributed by atoms with van der Waals surface area (Å²) in [5.41, 5.74) is 8.18. The molecule has 1 aromatic carbocycles. The highest BCUT2D eigenvalue weighted by Crippen LogP contribution is 2.34. The molecule has 1 aromatic heterocycles. The van der Waals surface area contributed by atoms with Gasteiger partial charge in [-0.25, -0.2) is 4.79 Å². The molecule has 0 aliphatic carbocycles. The molecule has 136 valence electrons. The highest BCUT2D eigenvalue weighted by molar-refractivity contribution is 7.18. The minimum atomic E-state index is -0.647. The van der Waals surface area contributed by atoms with Gasteiger partial charge in [0.05, 0.1) is 24.1 Å². The second-order valence-corrected chi connectivity index (χ2v) is 6.99. The van der Waals surface area contributed by atoms with E-state index < -0.39 is 11.9 Å². The Bertz CT molecular complexity index is 891. The van der Waals surface area contributed by atoms with Crippen LogP contribution >= 0.6 is 11.3 Å². The van der Waals surface area contributed by atoms with Crippen LogP contribution in [0.4, 0.5) is 10.7 Å². The SMILES string of the molecule is COC(=O)c1c(NC(=O)CN2CCc3ccccc32)sc(C(N)=O)c1C. The standard InChI is InChI=1S/C18H19N3O4S/c1-10-14(18(24)25-2)17(26-15(10)16(19)23)20-13(22)9-21-8-7-11-5-3-4-6-12(11)21/h3-6H,7-9H2,1-2H3,(H2,19,23)(H,20,22). The van der Waals surface area contributed by atoms with Crippen molar-refractivity contribution in [3.63, 3.8) is 0 Å². The number of hydrogen-bond donors (Lipinski definition) is 2. The number of para-hydroxylation sites is 1. The normalized spacial score (nSPS) is 12.6. The number of ether oxygens (including phenoxy) is 1. The molecule has 2 aromatic rings. The fourth-order valence-electron chi connectivity index (χ4n) is 3.09. The molecule has 7 nitrogen and oxygen atoms in total. The summed E-state index contributed by atoms with van der Waals surface area (Å²) < 4.78 is 4.77. The molecular weight excluding hydrogens is 354 g/mol. The molecule has 0 fully saturated rings. The molecule has 3 rings (SSSR count). The average molecular weight is 373 g/mol. The third-order valence-corrected chi connectivity index (χ3v) is 5.55. The summed E-state index contributed by atoms with van der Waals surface area (Å²) in [6.07, 6.45) is 0.890. The van der Waals surface area contributed by atoms with Gasteiger partial charge < -0.3 is 20.7 Å². The summed E-state index contributed by atoms with van der Waals surface area (Å²) in [4.78, 5) is 38.3. The zero-order chi connectivity index (χ0) is 18.8. The van der Waals surface area contributed by atoms with E-state index in [9.17, 15) is 14.4 Å². The smallest absolute Gasteiger partial charge is 0.341 e. The lowest BCUT2D eigenvalue weighted by Gasteiger charge is -2.18. The number of nitrogens with one attached hydrogen (secondary N) is 1. The number of fused-ring (bicyclic) bond motifs is 1. The van der Waals surface area contributed by atoms with Crippen molar-refractivity contribution in [3.8, 4) is 0 Å². The minimum Gasteiger partial charge on any atom is -0.465 e. The Hall–Kier alpha value is -2.87. The number of thiophene rings is 1. The Kier molecular flexibility index (Phi) is 4.94. The van der Waals surface area contributed by atoms with Gasteiger partial charge in [0.1, 0.15) is 5.00 Å². The minimum absolute atomic E-state index is 0.153.